The summed E-state index contributed by atoms with van der Waals surface area (Å²) < 4.78 is 0. The molecule has 4 aromatic heterocycles. The monoisotopic (exact) mass is 361 g/mol. The van der Waals surface area contributed by atoms with E-state index < -0.39 is 0 Å². The first-order valence-corrected chi connectivity index (χ1v) is 9.29. The highest BCUT2D eigenvalue weighted by Crippen LogP contribution is 2.36. The number of rotatable bonds is 4. The number of aryl methyl sites for hydroxylation is 2. The standard InChI is InChI=1S/C20H19N5S/c1-12-14(3)26-20-17(12)19(23-13(2)15-6-4-8-21-10-15)24-18(25-20)16-7-5-9-22-11-16/h4-11,13H,1-3H3,(H,23,24,25)/t13-/m0/s1. The molecule has 0 aliphatic carbocycles. The van der Waals surface area contributed by atoms with Crippen LogP contribution in [0.25, 0.3) is 21.6 Å². The average molecular weight is 361 g/mol. The SMILES string of the molecule is Cc1sc2nc(-c3cccnc3)nc(N[C@@H](C)c3cccnc3)c2c1C. The van der Waals surface area contributed by atoms with E-state index in [2.05, 4.69) is 42.1 Å². The number of hydrogen-bond acceptors (Lipinski definition) is 6. The summed E-state index contributed by atoms with van der Waals surface area (Å²) in [6.07, 6.45) is 7.21. The van der Waals surface area contributed by atoms with Gasteiger partial charge in [-0.05, 0) is 50.1 Å². The summed E-state index contributed by atoms with van der Waals surface area (Å²) in [5.74, 6) is 1.54. The lowest BCUT2D eigenvalue weighted by Crippen LogP contribution is -2.09. The topological polar surface area (TPSA) is 63.6 Å². The number of nitrogens with one attached hydrogen (secondary N) is 1. The molecule has 0 unspecified atom stereocenters. The van der Waals surface area contributed by atoms with Gasteiger partial charge < -0.3 is 5.32 Å². The number of pyridine rings is 2. The Kier molecular flexibility index (Phi) is 4.34. The van der Waals surface area contributed by atoms with E-state index in [0.29, 0.717) is 5.82 Å². The molecule has 0 spiro atoms. The van der Waals surface area contributed by atoms with Crippen molar-refractivity contribution in [2.75, 3.05) is 5.32 Å². The van der Waals surface area contributed by atoms with E-state index in [1.165, 1.54) is 10.4 Å². The Morgan fingerprint density at radius 1 is 1.00 bits per heavy atom. The van der Waals surface area contributed by atoms with Crippen molar-refractivity contribution >= 4 is 27.4 Å². The lowest BCUT2D eigenvalue weighted by atomic mass is 10.1. The van der Waals surface area contributed by atoms with Crippen molar-refractivity contribution in [1.82, 2.24) is 19.9 Å². The van der Waals surface area contributed by atoms with E-state index >= 15 is 0 Å². The van der Waals surface area contributed by atoms with Crippen molar-refractivity contribution in [1.29, 1.82) is 0 Å². The van der Waals surface area contributed by atoms with Gasteiger partial charge in [-0.15, -0.1) is 11.3 Å². The van der Waals surface area contributed by atoms with E-state index in [9.17, 15) is 0 Å². The van der Waals surface area contributed by atoms with Gasteiger partial charge in [0.05, 0.1) is 11.4 Å². The molecule has 1 N–H and O–H groups in total. The zero-order valence-electron chi connectivity index (χ0n) is 14.9. The first-order valence-electron chi connectivity index (χ1n) is 8.48. The lowest BCUT2D eigenvalue weighted by molar-refractivity contribution is 0.868. The third-order valence-corrected chi connectivity index (χ3v) is 5.59. The highest BCUT2D eigenvalue weighted by molar-refractivity contribution is 7.18. The quantitative estimate of drug-likeness (QED) is 0.558. The van der Waals surface area contributed by atoms with Crippen LogP contribution < -0.4 is 5.32 Å². The molecule has 26 heavy (non-hydrogen) atoms. The van der Waals surface area contributed by atoms with Crippen molar-refractivity contribution < 1.29 is 0 Å². The summed E-state index contributed by atoms with van der Waals surface area (Å²) in [5.41, 5.74) is 3.26. The largest absolute Gasteiger partial charge is 0.363 e. The van der Waals surface area contributed by atoms with Crippen LogP contribution in [0.15, 0.2) is 49.1 Å². The summed E-state index contributed by atoms with van der Waals surface area (Å²) in [7, 11) is 0. The molecule has 4 heterocycles. The predicted octanol–water partition coefficient (Wildman–Crippen LogP) is 4.94. The minimum Gasteiger partial charge on any atom is -0.363 e. The van der Waals surface area contributed by atoms with Gasteiger partial charge in [0, 0.05) is 35.2 Å². The van der Waals surface area contributed by atoms with Gasteiger partial charge in [0.2, 0.25) is 0 Å². The second-order valence-electron chi connectivity index (χ2n) is 6.25. The van der Waals surface area contributed by atoms with E-state index in [1.54, 1.807) is 29.9 Å². The Morgan fingerprint density at radius 2 is 1.77 bits per heavy atom. The van der Waals surface area contributed by atoms with Gasteiger partial charge in [0.25, 0.3) is 0 Å². The maximum absolute atomic E-state index is 4.83. The summed E-state index contributed by atoms with van der Waals surface area (Å²) in [6.45, 7) is 6.37. The Morgan fingerprint density at radius 3 is 2.46 bits per heavy atom. The number of fused-ring (bicyclic) bond motifs is 1. The van der Waals surface area contributed by atoms with Gasteiger partial charge in [-0.1, -0.05) is 6.07 Å². The fourth-order valence-corrected chi connectivity index (χ4v) is 3.93. The maximum Gasteiger partial charge on any atom is 0.164 e. The summed E-state index contributed by atoms with van der Waals surface area (Å²) in [5, 5.41) is 4.65. The first kappa shape index (κ1) is 16.6. The van der Waals surface area contributed by atoms with E-state index in [0.717, 1.165) is 27.2 Å². The van der Waals surface area contributed by atoms with E-state index in [-0.39, 0.29) is 6.04 Å². The number of nitrogens with zero attached hydrogens (tertiary/aromatic N) is 4. The molecule has 0 radical (unpaired) electrons. The highest BCUT2D eigenvalue weighted by Gasteiger charge is 2.17. The van der Waals surface area contributed by atoms with Crippen molar-refractivity contribution in [3.63, 3.8) is 0 Å². The van der Waals surface area contributed by atoms with E-state index in [1.807, 2.05) is 24.4 Å². The normalized spacial score (nSPS) is 12.3. The lowest BCUT2D eigenvalue weighted by Gasteiger charge is -2.16. The molecule has 130 valence electrons. The van der Waals surface area contributed by atoms with Gasteiger partial charge in [0.15, 0.2) is 5.82 Å². The molecule has 0 bridgehead atoms. The Labute approximate surface area is 156 Å². The van der Waals surface area contributed by atoms with Gasteiger partial charge in [-0.2, -0.15) is 0 Å². The van der Waals surface area contributed by atoms with Crippen LogP contribution in [0.3, 0.4) is 0 Å². The first-order chi connectivity index (χ1) is 12.6. The number of anilines is 1. The van der Waals surface area contributed by atoms with Crippen molar-refractivity contribution in [2.45, 2.75) is 26.8 Å². The second kappa shape index (κ2) is 6.80. The Hall–Kier alpha value is -2.86. The van der Waals surface area contributed by atoms with Crippen LogP contribution in [0.4, 0.5) is 5.82 Å². The van der Waals surface area contributed by atoms with Crippen LogP contribution in [0.1, 0.15) is 29.0 Å². The number of hydrogen-bond donors (Lipinski definition) is 1. The molecule has 0 aromatic carbocycles. The van der Waals surface area contributed by atoms with Gasteiger partial charge in [0.1, 0.15) is 10.6 Å². The zero-order valence-corrected chi connectivity index (χ0v) is 15.7. The highest BCUT2D eigenvalue weighted by atomic mass is 32.1. The summed E-state index contributed by atoms with van der Waals surface area (Å²) in [4.78, 5) is 20.3. The summed E-state index contributed by atoms with van der Waals surface area (Å²) in [6, 6.07) is 7.98. The van der Waals surface area contributed by atoms with Crippen LogP contribution in [-0.2, 0) is 0 Å². The molecule has 0 saturated carbocycles. The molecule has 4 aromatic rings. The van der Waals surface area contributed by atoms with E-state index in [4.69, 9.17) is 9.97 Å². The molecule has 5 nitrogen and oxygen atoms in total. The molecule has 6 heteroatoms. The van der Waals surface area contributed by atoms with Crippen LogP contribution in [0.2, 0.25) is 0 Å². The van der Waals surface area contributed by atoms with Crippen molar-refractivity contribution in [2.24, 2.45) is 0 Å². The van der Waals surface area contributed by atoms with Crippen LogP contribution in [0.5, 0.6) is 0 Å². The minimum absolute atomic E-state index is 0.0863. The van der Waals surface area contributed by atoms with Crippen LogP contribution in [0, 0.1) is 13.8 Å². The minimum atomic E-state index is 0.0863. The summed E-state index contributed by atoms with van der Waals surface area (Å²) >= 11 is 1.70. The molecule has 0 saturated heterocycles. The Balaban J connectivity index is 1.83. The zero-order chi connectivity index (χ0) is 18.1. The Bertz CT molecular complexity index is 1040. The third-order valence-electron chi connectivity index (χ3n) is 4.49. The molecular formula is C20H19N5S. The molecule has 0 fully saturated rings. The predicted molar refractivity (Wildman–Crippen MR) is 106 cm³/mol. The van der Waals surface area contributed by atoms with Crippen LogP contribution >= 0.6 is 11.3 Å². The fraction of sp³-hybridized carbons (Fsp3) is 0.200. The fourth-order valence-electron chi connectivity index (χ4n) is 2.90. The second-order valence-corrected chi connectivity index (χ2v) is 7.46. The van der Waals surface area contributed by atoms with Gasteiger partial charge in [-0.25, -0.2) is 9.97 Å². The molecule has 1 atom stereocenters. The van der Waals surface area contributed by atoms with Gasteiger partial charge in [-0.3, -0.25) is 9.97 Å². The smallest absolute Gasteiger partial charge is 0.164 e. The molecule has 0 amide bonds. The average Bonchev–Trinajstić information content (AvgIpc) is 2.97. The van der Waals surface area contributed by atoms with Gasteiger partial charge >= 0.3 is 0 Å². The van der Waals surface area contributed by atoms with Crippen molar-refractivity contribution in [3.8, 4) is 11.4 Å². The number of aromatic nitrogens is 4. The third kappa shape index (κ3) is 3.04. The molecule has 0 aliphatic rings. The molecule has 0 aliphatic heterocycles. The number of thiophene rings is 1. The van der Waals surface area contributed by atoms with Crippen molar-refractivity contribution in [3.05, 3.63) is 65.1 Å². The molecular weight excluding hydrogens is 342 g/mol. The van der Waals surface area contributed by atoms with Crippen LogP contribution in [-0.4, -0.2) is 19.9 Å². The molecule has 4 rings (SSSR count). The maximum atomic E-state index is 4.83.